The molecule has 0 bridgehead atoms. The van der Waals surface area contributed by atoms with E-state index >= 15 is 0 Å². The Hall–Kier alpha value is -2.45. The van der Waals surface area contributed by atoms with Gasteiger partial charge in [0, 0.05) is 19.6 Å². The normalized spacial score (nSPS) is 20.6. The maximum absolute atomic E-state index is 12.9. The van der Waals surface area contributed by atoms with Crippen LogP contribution in [0.2, 0.25) is 0 Å². The average Bonchev–Trinajstić information content (AvgIpc) is 3.27. The molecule has 0 saturated carbocycles. The molecule has 2 fully saturated rings. The van der Waals surface area contributed by atoms with Crippen molar-refractivity contribution in [2.45, 2.75) is 43.0 Å². The lowest BCUT2D eigenvalue weighted by Crippen LogP contribution is -2.43. The van der Waals surface area contributed by atoms with Crippen molar-refractivity contribution < 1.29 is 13.2 Å². The van der Waals surface area contributed by atoms with Crippen molar-refractivity contribution >= 4 is 27.4 Å². The Kier molecular flexibility index (Phi) is 5.82. The van der Waals surface area contributed by atoms with Crippen LogP contribution in [0.3, 0.4) is 0 Å². The number of nitrogens with zero attached hydrogens (tertiary/aromatic N) is 3. The molecule has 2 aromatic rings. The number of sulfonamides is 1. The molecule has 0 spiro atoms. The van der Waals surface area contributed by atoms with Crippen molar-refractivity contribution in [1.82, 2.24) is 9.29 Å². The van der Waals surface area contributed by atoms with Gasteiger partial charge in [0.15, 0.2) is 0 Å². The maximum Gasteiger partial charge on any atom is 0.243 e. The van der Waals surface area contributed by atoms with Crippen LogP contribution in [0.5, 0.6) is 0 Å². The first kappa shape index (κ1) is 19.8. The topological polar surface area (TPSA) is 82.6 Å². The van der Waals surface area contributed by atoms with Gasteiger partial charge in [0.25, 0.3) is 0 Å². The number of anilines is 2. The second-order valence-corrected chi connectivity index (χ2v) is 9.42. The number of carbonyl (C=O) groups is 1. The molecule has 0 unspecified atom stereocenters. The molecule has 1 amide bonds. The number of pyridine rings is 1. The van der Waals surface area contributed by atoms with Crippen LogP contribution in [0, 0.1) is 0 Å². The molecule has 2 aliphatic rings. The molecule has 0 radical (unpaired) electrons. The van der Waals surface area contributed by atoms with Crippen molar-refractivity contribution in [3.05, 3.63) is 48.7 Å². The van der Waals surface area contributed by atoms with E-state index < -0.39 is 16.1 Å². The predicted octanol–water partition coefficient (Wildman–Crippen LogP) is 2.86. The van der Waals surface area contributed by atoms with Gasteiger partial charge in [-0.25, -0.2) is 13.4 Å². The van der Waals surface area contributed by atoms with Gasteiger partial charge in [-0.1, -0.05) is 18.2 Å². The number of benzene rings is 1. The lowest BCUT2D eigenvalue weighted by Gasteiger charge is -2.27. The zero-order valence-corrected chi connectivity index (χ0v) is 17.1. The Bertz CT molecular complexity index is 942. The number of amides is 1. The number of hydrogen-bond acceptors (Lipinski definition) is 5. The SMILES string of the molecule is O=C(Nc1ccc(N2CCCCC2)nc1)[C@@H]1CCCN1S(=O)(=O)c1ccccc1. The maximum atomic E-state index is 12.9. The van der Waals surface area contributed by atoms with Crippen molar-refractivity contribution in [2.24, 2.45) is 0 Å². The van der Waals surface area contributed by atoms with Crippen LogP contribution in [0.25, 0.3) is 0 Å². The highest BCUT2D eigenvalue weighted by molar-refractivity contribution is 7.89. The Morgan fingerprint density at radius 1 is 0.966 bits per heavy atom. The molecular formula is C21H26N4O3S. The minimum Gasteiger partial charge on any atom is -0.357 e. The van der Waals surface area contributed by atoms with Crippen molar-refractivity contribution in [3.8, 4) is 0 Å². The lowest BCUT2D eigenvalue weighted by molar-refractivity contribution is -0.119. The fourth-order valence-electron chi connectivity index (χ4n) is 4.01. The first-order chi connectivity index (χ1) is 14.1. The highest BCUT2D eigenvalue weighted by atomic mass is 32.2. The summed E-state index contributed by atoms with van der Waals surface area (Å²) in [5.41, 5.74) is 0.583. The molecule has 8 heteroatoms. The standard InChI is InChI=1S/C21H26N4O3S/c26-21(23-17-11-12-20(22-16-17)24-13-5-2-6-14-24)19-10-7-15-25(19)29(27,28)18-8-3-1-4-9-18/h1,3-4,8-9,11-12,16,19H,2,5-7,10,13-15H2,(H,23,26)/t19-/m0/s1. The molecule has 154 valence electrons. The molecule has 2 aliphatic heterocycles. The summed E-state index contributed by atoms with van der Waals surface area (Å²) in [7, 11) is -3.70. The third kappa shape index (κ3) is 4.28. The van der Waals surface area contributed by atoms with Crippen LogP contribution in [-0.4, -0.2) is 49.3 Å². The van der Waals surface area contributed by atoms with E-state index in [0.717, 1.165) is 18.9 Å². The van der Waals surface area contributed by atoms with Crippen molar-refractivity contribution in [1.29, 1.82) is 0 Å². The monoisotopic (exact) mass is 414 g/mol. The third-order valence-electron chi connectivity index (χ3n) is 5.55. The number of piperidine rings is 1. The van der Waals surface area contributed by atoms with Gasteiger partial charge in [-0.15, -0.1) is 0 Å². The summed E-state index contributed by atoms with van der Waals surface area (Å²) >= 11 is 0. The summed E-state index contributed by atoms with van der Waals surface area (Å²) in [5, 5.41) is 2.84. The Morgan fingerprint density at radius 3 is 2.41 bits per heavy atom. The Balaban J connectivity index is 1.45. The Labute approximate surface area is 171 Å². The third-order valence-corrected chi connectivity index (χ3v) is 7.47. The first-order valence-electron chi connectivity index (χ1n) is 10.1. The van der Waals surface area contributed by atoms with E-state index in [-0.39, 0.29) is 10.8 Å². The second-order valence-electron chi connectivity index (χ2n) is 7.53. The molecule has 29 heavy (non-hydrogen) atoms. The summed E-state index contributed by atoms with van der Waals surface area (Å²) in [5.74, 6) is 0.603. The summed E-state index contributed by atoms with van der Waals surface area (Å²) in [6.07, 6.45) is 6.43. The largest absolute Gasteiger partial charge is 0.357 e. The molecular weight excluding hydrogens is 388 g/mol. The molecule has 2 saturated heterocycles. The van der Waals surface area contributed by atoms with Crippen LogP contribution in [0.1, 0.15) is 32.1 Å². The summed E-state index contributed by atoms with van der Waals surface area (Å²) in [6.45, 7) is 2.36. The van der Waals surface area contributed by atoms with Gasteiger partial charge >= 0.3 is 0 Å². The first-order valence-corrected chi connectivity index (χ1v) is 11.6. The molecule has 3 heterocycles. The summed E-state index contributed by atoms with van der Waals surface area (Å²) in [6, 6.07) is 11.3. The molecule has 7 nitrogen and oxygen atoms in total. The Morgan fingerprint density at radius 2 is 1.72 bits per heavy atom. The number of hydrogen-bond donors (Lipinski definition) is 1. The average molecular weight is 415 g/mol. The van der Waals surface area contributed by atoms with Gasteiger partial charge in [-0.2, -0.15) is 4.31 Å². The van der Waals surface area contributed by atoms with E-state index in [4.69, 9.17) is 0 Å². The van der Waals surface area contributed by atoms with Gasteiger partial charge in [0.1, 0.15) is 11.9 Å². The van der Waals surface area contributed by atoms with Crippen LogP contribution in [0.4, 0.5) is 11.5 Å². The van der Waals surface area contributed by atoms with E-state index in [9.17, 15) is 13.2 Å². The van der Waals surface area contributed by atoms with E-state index in [1.807, 2.05) is 12.1 Å². The van der Waals surface area contributed by atoms with Crippen LogP contribution in [0.15, 0.2) is 53.6 Å². The van der Waals surface area contributed by atoms with Gasteiger partial charge in [0.2, 0.25) is 15.9 Å². The number of nitrogens with one attached hydrogen (secondary N) is 1. The zero-order chi connectivity index (χ0) is 20.3. The summed E-state index contributed by atoms with van der Waals surface area (Å²) < 4.78 is 27.2. The van der Waals surface area contributed by atoms with Crippen LogP contribution < -0.4 is 10.2 Å². The quantitative estimate of drug-likeness (QED) is 0.814. The highest BCUT2D eigenvalue weighted by Crippen LogP contribution is 2.27. The van der Waals surface area contributed by atoms with E-state index in [0.29, 0.717) is 25.1 Å². The molecule has 4 rings (SSSR count). The molecule has 1 aromatic carbocycles. The summed E-state index contributed by atoms with van der Waals surface area (Å²) in [4.78, 5) is 19.8. The predicted molar refractivity (Wildman–Crippen MR) is 112 cm³/mol. The number of rotatable bonds is 5. The second kappa shape index (κ2) is 8.51. The minimum atomic E-state index is -3.70. The van der Waals surface area contributed by atoms with Crippen LogP contribution >= 0.6 is 0 Å². The van der Waals surface area contributed by atoms with E-state index in [2.05, 4.69) is 15.2 Å². The van der Waals surface area contributed by atoms with E-state index in [1.165, 1.54) is 23.6 Å². The highest BCUT2D eigenvalue weighted by Gasteiger charge is 2.39. The van der Waals surface area contributed by atoms with E-state index in [1.54, 1.807) is 36.5 Å². The van der Waals surface area contributed by atoms with Gasteiger partial charge in [-0.3, -0.25) is 4.79 Å². The van der Waals surface area contributed by atoms with Gasteiger partial charge in [-0.05, 0) is 56.4 Å². The van der Waals surface area contributed by atoms with Gasteiger partial charge < -0.3 is 10.2 Å². The molecule has 0 aliphatic carbocycles. The van der Waals surface area contributed by atoms with Crippen LogP contribution in [-0.2, 0) is 14.8 Å². The smallest absolute Gasteiger partial charge is 0.243 e. The number of aromatic nitrogens is 1. The molecule has 1 atom stereocenters. The fraction of sp³-hybridized carbons (Fsp3) is 0.429. The lowest BCUT2D eigenvalue weighted by atomic mass is 10.1. The number of carbonyl (C=O) groups excluding carboxylic acids is 1. The molecule has 1 aromatic heterocycles. The zero-order valence-electron chi connectivity index (χ0n) is 16.3. The fourth-order valence-corrected chi connectivity index (χ4v) is 5.69. The van der Waals surface area contributed by atoms with Crippen molar-refractivity contribution in [3.63, 3.8) is 0 Å². The van der Waals surface area contributed by atoms with Crippen molar-refractivity contribution in [2.75, 3.05) is 29.9 Å². The van der Waals surface area contributed by atoms with Gasteiger partial charge in [0.05, 0.1) is 16.8 Å². The minimum absolute atomic E-state index is 0.215. The molecule has 1 N–H and O–H groups in total.